The predicted octanol–water partition coefficient (Wildman–Crippen LogP) is 0.429. The number of hydrogen-bond acceptors (Lipinski definition) is 2. The Kier molecular flexibility index (Phi) is 3.78. The van der Waals surface area contributed by atoms with Crippen LogP contribution in [0.2, 0.25) is 0 Å². The molecule has 2 atom stereocenters. The van der Waals surface area contributed by atoms with Crippen LogP contribution in [0.1, 0.15) is 32.6 Å². The maximum Gasteiger partial charge on any atom is 0.296 e. The van der Waals surface area contributed by atoms with Crippen molar-refractivity contribution in [2.45, 2.75) is 44.8 Å². The van der Waals surface area contributed by atoms with E-state index in [1.165, 1.54) is 0 Å². The highest BCUT2D eigenvalue weighted by Crippen LogP contribution is 2.17. The number of amides is 1. The summed E-state index contributed by atoms with van der Waals surface area (Å²) in [6.45, 7) is 1.62. The molecule has 1 amide bonds. The van der Waals surface area contributed by atoms with Gasteiger partial charge in [-0.15, -0.1) is 0 Å². The van der Waals surface area contributed by atoms with Crippen LogP contribution in [0.3, 0.4) is 0 Å². The van der Waals surface area contributed by atoms with Crippen LogP contribution in [0.4, 0.5) is 0 Å². The summed E-state index contributed by atoms with van der Waals surface area (Å²) in [6.07, 6.45) is 3.37. The van der Waals surface area contributed by atoms with Crippen LogP contribution in [-0.4, -0.2) is 23.2 Å². The fourth-order valence-electron chi connectivity index (χ4n) is 1.60. The molecule has 3 nitrogen and oxygen atoms in total. The molecular formula is C10H15NO2. The van der Waals surface area contributed by atoms with Crippen LogP contribution >= 0.6 is 0 Å². The third-order valence-corrected chi connectivity index (χ3v) is 2.28. The quantitative estimate of drug-likeness (QED) is 0.576. The van der Waals surface area contributed by atoms with Crippen LogP contribution in [0.5, 0.6) is 0 Å². The van der Waals surface area contributed by atoms with Crippen molar-refractivity contribution in [2.24, 2.45) is 0 Å². The molecule has 0 aliphatic heterocycles. The molecule has 1 aliphatic rings. The minimum Gasteiger partial charge on any atom is -0.391 e. The van der Waals surface area contributed by atoms with Crippen molar-refractivity contribution in [1.82, 2.24) is 5.32 Å². The number of carbonyl (C=O) groups is 1. The van der Waals surface area contributed by atoms with Gasteiger partial charge in [0, 0.05) is 0 Å². The van der Waals surface area contributed by atoms with Crippen molar-refractivity contribution in [3.05, 3.63) is 0 Å². The smallest absolute Gasteiger partial charge is 0.296 e. The topological polar surface area (TPSA) is 49.3 Å². The Morgan fingerprint density at radius 1 is 1.46 bits per heavy atom. The fraction of sp³-hybridized carbons (Fsp3) is 0.700. The minimum atomic E-state index is -0.392. The van der Waals surface area contributed by atoms with Gasteiger partial charge in [0.2, 0.25) is 0 Å². The first-order chi connectivity index (χ1) is 6.24. The highest BCUT2D eigenvalue weighted by Gasteiger charge is 2.23. The molecular weight excluding hydrogens is 166 g/mol. The summed E-state index contributed by atoms with van der Waals surface area (Å²) >= 11 is 0. The van der Waals surface area contributed by atoms with Gasteiger partial charge in [-0.3, -0.25) is 4.79 Å². The van der Waals surface area contributed by atoms with Crippen molar-refractivity contribution < 1.29 is 9.90 Å². The lowest BCUT2D eigenvalue weighted by atomic mass is 9.92. The van der Waals surface area contributed by atoms with E-state index < -0.39 is 6.10 Å². The molecule has 3 heteroatoms. The van der Waals surface area contributed by atoms with Crippen molar-refractivity contribution in [2.75, 3.05) is 0 Å². The Morgan fingerprint density at radius 2 is 2.15 bits per heavy atom. The van der Waals surface area contributed by atoms with Gasteiger partial charge in [0.15, 0.2) is 0 Å². The summed E-state index contributed by atoms with van der Waals surface area (Å²) in [7, 11) is 0. The lowest BCUT2D eigenvalue weighted by Crippen LogP contribution is -2.44. The van der Waals surface area contributed by atoms with Gasteiger partial charge in [0.25, 0.3) is 5.91 Å². The molecule has 1 rings (SSSR count). The van der Waals surface area contributed by atoms with Crippen LogP contribution in [0, 0.1) is 11.8 Å². The second kappa shape index (κ2) is 4.88. The average Bonchev–Trinajstić information content (AvgIpc) is 2.09. The highest BCUT2D eigenvalue weighted by molar-refractivity contribution is 5.93. The first-order valence-corrected chi connectivity index (χ1v) is 4.65. The third-order valence-electron chi connectivity index (χ3n) is 2.28. The number of carbonyl (C=O) groups excluding carboxylic acids is 1. The van der Waals surface area contributed by atoms with Crippen molar-refractivity contribution in [1.29, 1.82) is 0 Å². The van der Waals surface area contributed by atoms with Crippen LogP contribution < -0.4 is 5.32 Å². The number of aliphatic hydroxyl groups is 1. The molecule has 0 spiro atoms. The second-order valence-electron chi connectivity index (χ2n) is 3.31. The van der Waals surface area contributed by atoms with E-state index in [9.17, 15) is 9.90 Å². The minimum absolute atomic E-state index is 0.0953. The van der Waals surface area contributed by atoms with Crippen molar-refractivity contribution in [3.8, 4) is 11.8 Å². The molecule has 1 aliphatic carbocycles. The lowest BCUT2D eigenvalue weighted by Gasteiger charge is -2.27. The normalized spacial score (nSPS) is 27.2. The van der Waals surface area contributed by atoms with Gasteiger partial charge < -0.3 is 10.4 Å². The van der Waals surface area contributed by atoms with Gasteiger partial charge in [-0.2, -0.15) is 0 Å². The fourth-order valence-corrected chi connectivity index (χ4v) is 1.60. The Balaban J connectivity index is 2.41. The molecule has 1 fully saturated rings. The first kappa shape index (κ1) is 10.1. The largest absolute Gasteiger partial charge is 0.391 e. The molecule has 72 valence electrons. The number of aliphatic hydroxyl groups excluding tert-OH is 1. The van der Waals surface area contributed by atoms with Gasteiger partial charge in [-0.1, -0.05) is 18.8 Å². The molecule has 13 heavy (non-hydrogen) atoms. The molecule has 0 unspecified atom stereocenters. The molecule has 0 heterocycles. The summed E-state index contributed by atoms with van der Waals surface area (Å²) in [5.41, 5.74) is 0. The summed E-state index contributed by atoms with van der Waals surface area (Å²) in [6, 6.07) is -0.0953. The molecule has 0 radical (unpaired) electrons. The zero-order chi connectivity index (χ0) is 9.68. The average molecular weight is 181 g/mol. The lowest BCUT2D eigenvalue weighted by molar-refractivity contribution is -0.117. The molecule has 0 aromatic heterocycles. The Morgan fingerprint density at radius 3 is 2.77 bits per heavy atom. The van der Waals surface area contributed by atoms with Gasteiger partial charge in [0.1, 0.15) is 0 Å². The zero-order valence-corrected chi connectivity index (χ0v) is 7.84. The molecule has 1 saturated carbocycles. The monoisotopic (exact) mass is 181 g/mol. The Labute approximate surface area is 78.5 Å². The second-order valence-corrected chi connectivity index (χ2v) is 3.31. The third kappa shape index (κ3) is 3.08. The first-order valence-electron chi connectivity index (χ1n) is 4.65. The summed E-state index contributed by atoms with van der Waals surface area (Å²) < 4.78 is 0. The van der Waals surface area contributed by atoms with E-state index in [4.69, 9.17) is 0 Å². The predicted molar refractivity (Wildman–Crippen MR) is 49.9 cm³/mol. The molecule has 0 aromatic carbocycles. The molecule has 0 saturated heterocycles. The zero-order valence-electron chi connectivity index (χ0n) is 7.84. The maximum atomic E-state index is 11.1. The molecule has 0 bridgehead atoms. The van der Waals surface area contributed by atoms with Crippen LogP contribution in [-0.2, 0) is 4.79 Å². The van der Waals surface area contributed by atoms with Gasteiger partial charge in [0.05, 0.1) is 12.1 Å². The summed E-state index contributed by atoms with van der Waals surface area (Å²) in [5, 5.41) is 12.2. The maximum absolute atomic E-state index is 11.1. The van der Waals surface area contributed by atoms with E-state index in [1.807, 2.05) is 0 Å². The number of hydrogen-bond donors (Lipinski definition) is 2. The van der Waals surface area contributed by atoms with E-state index in [2.05, 4.69) is 17.2 Å². The summed E-state index contributed by atoms with van der Waals surface area (Å²) in [4.78, 5) is 11.1. The van der Waals surface area contributed by atoms with Gasteiger partial charge in [-0.25, -0.2) is 0 Å². The molecule has 0 aromatic rings. The Bertz CT molecular complexity index is 239. The van der Waals surface area contributed by atoms with Crippen molar-refractivity contribution in [3.63, 3.8) is 0 Å². The SMILES string of the molecule is CC#CC(=O)N[C@@H]1CCCC[C@H]1O. The summed E-state index contributed by atoms with van der Waals surface area (Å²) in [5.74, 6) is 4.65. The Hall–Kier alpha value is -1.01. The van der Waals surface area contributed by atoms with Gasteiger partial charge >= 0.3 is 0 Å². The van der Waals surface area contributed by atoms with Gasteiger partial charge in [-0.05, 0) is 25.7 Å². The van der Waals surface area contributed by atoms with Crippen molar-refractivity contribution >= 4 is 5.91 Å². The molecule has 2 N–H and O–H groups in total. The number of rotatable bonds is 1. The highest BCUT2D eigenvalue weighted by atomic mass is 16.3. The standard InChI is InChI=1S/C10H15NO2/c1-2-5-10(13)11-8-6-3-4-7-9(8)12/h8-9,12H,3-4,6-7H2,1H3,(H,11,13)/t8-,9-/m1/s1. The number of nitrogens with one attached hydrogen (secondary N) is 1. The van der Waals surface area contributed by atoms with E-state index in [1.54, 1.807) is 6.92 Å². The van der Waals surface area contributed by atoms with Crippen LogP contribution in [0.15, 0.2) is 0 Å². The van der Waals surface area contributed by atoms with Crippen LogP contribution in [0.25, 0.3) is 0 Å². The van der Waals surface area contributed by atoms with E-state index in [0.29, 0.717) is 0 Å². The van der Waals surface area contributed by atoms with E-state index in [-0.39, 0.29) is 11.9 Å². The van der Waals surface area contributed by atoms with E-state index >= 15 is 0 Å². The van der Waals surface area contributed by atoms with E-state index in [0.717, 1.165) is 25.7 Å².